The second-order valence-electron chi connectivity index (χ2n) is 8.71. The first-order valence-electron chi connectivity index (χ1n) is 11.0. The van der Waals surface area contributed by atoms with E-state index in [1.165, 1.54) is 12.1 Å². The zero-order valence-electron chi connectivity index (χ0n) is 18.1. The van der Waals surface area contributed by atoms with Crippen LogP contribution in [0.4, 0.5) is 4.39 Å². The van der Waals surface area contributed by atoms with Crippen molar-refractivity contribution in [2.24, 2.45) is 11.8 Å². The van der Waals surface area contributed by atoms with Crippen molar-refractivity contribution in [3.05, 3.63) is 72.1 Å². The van der Waals surface area contributed by atoms with Crippen LogP contribution in [0.1, 0.15) is 35.9 Å². The Morgan fingerprint density at radius 1 is 1.16 bits per heavy atom. The summed E-state index contributed by atoms with van der Waals surface area (Å²) in [5.41, 5.74) is 2.66. The van der Waals surface area contributed by atoms with E-state index in [9.17, 15) is 9.18 Å². The molecular weight excluding hydrogens is 407 g/mol. The van der Waals surface area contributed by atoms with Crippen LogP contribution >= 0.6 is 0 Å². The van der Waals surface area contributed by atoms with Gasteiger partial charge in [0.15, 0.2) is 0 Å². The number of nitrogens with zero attached hydrogens (tertiary/aromatic N) is 4. The van der Waals surface area contributed by atoms with E-state index >= 15 is 0 Å². The molecule has 6 rings (SSSR count). The van der Waals surface area contributed by atoms with Crippen LogP contribution < -0.4 is 4.74 Å². The van der Waals surface area contributed by atoms with Crippen LogP contribution in [0.5, 0.6) is 5.88 Å². The van der Waals surface area contributed by atoms with Gasteiger partial charge in [-0.1, -0.05) is 13.0 Å². The molecule has 1 amide bonds. The minimum absolute atomic E-state index is 0.0926. The maximum Gasteiger partial charge on any atom is 0.273 e. The standard InChI is InChI=1S/C25H25FN4O2/c1-15-6-8-20(21-5-3-4-10-27-21)24(29-15)25(31)30-19-11-17(12-19)16(2)22(30)14-32-23-9-7-18(26)13-28-23/h3-10,13,16-17,19,22H,11-12,14H2,1-2H3. The van der Waals surface area contributed by atoms with E-state index in [2.05, 4.69) is 21.9 Å². The summed E-state index contributed by atoms with van der Waals surface area (Å²) >= 11 is 0. The molecule has 164 valence electrons. The van der Waals surface area contributed by atoms with Crippen molar-refractivity contribution in [2.75, 3.05) is 6.61 Å². The molecule has 3 aromatic rings. The minimum Gasteiger partial charge on any atom is -0.475 e. The third-order valence-corrected chi connectivity index (χ3v) is 6.77. The van der Waals surface area contributed by atoms with Crippen LogP contribution in [0.2, 0.25) is 0 Å². The lowest BCUT2D eigenvalue weighted by Gasteiger charge is -2.57. The van der Waals surface area contributed by atoms with Crippen molar-refractivity contribution in [1.82, 2.24) is 19.9 Å². The lowest BCUT2D eigenvalue weighted by molar-refractivity contribution is -0.0676. The maximum absolute atomic E-state index is 13.9. The molecule has 3 aromatic heterocycles. The van der Waals surface area contributed by atoms with Crippen molar-refractivity contribution in [2.45, 2.75) is 38.8 Å². The number of hydrogen-bond donors (Lipinski definition) is 0. The van der Waals surface area contributed by atoms with Crippen LogP contribution in [-0.2, 0) is 0 Å². The first-order valence-corrected chi connectivity index (χ1v) is 11.0. The van der Waals surface area contributed by atoms with Gasteiger partial charge < -0.3 is 9.64 Å². The number of aromatic nitrogens is 3. The van der Waals surface area contributed by atoms with Crippen LogP contribution in [-0.4, -0.2) is 44.4 Å². The smallest absolute Gasteiger partial charge is 0.273 e. The predicted molar refractivity (Wildman–Crippen MR) is 118 cm³/mol. The summed E-state index contributed by atoms with van der Waals surface area (Å²) in [5.74, 6) is 0.721. The zero-order chi connectivity index (χ0) is 22.2. The van der Waals surface area contributed by atoms with Gasteiger partial charge in [0, 0.05) is 29.6 Å². The lowest BCUT2D eigenvalue weighted by Crippen LogP contribution is -2.64. The molecule has 1 aliphatic carbocycles. The van der Waals surface area contributed by atoms with Crippen molar-refractivity contribution < 1.29 is 13.9 Å². The van der Waals surface area contributed by atoms with Gasteiger partial charge in [0.1, 0.15) is 18.1 Å². The van der Waals surface area contributed by atoms with Crippen LogP contribution in [0.3, 0.4) is 0 Å². The average molecular weight is 432 g/mol. The predicted octanol–water partition coefficient (Wildman–Crippen LogP) is 4.30. The fraction of sp³-hybridized carbons (Fsp3) is 0.360. The second-order valence-corrected chi connectivity index (χ2v) is 8.71. The fourth-order valence-corrected chi connectivity index (χ4v) is 4.86. The molecule has 6 nitrogen and oxygen atoms in total. The fourth-order valence-electron chi connectivity index (χ4n) is 4.86. The average Bonchev–Trinajstić information content (AvgIpc) is 2.78. The zero-order valence-corrected chi connectivity index (χ0v) is 18.1. The molecule has 0 radical (unpaired) electrons. The van der Waals surface area contributed by atoms with Crippen LogP contribution in [0, 0.1) is 24.6 Å². The number of pyridine rings is 3. The van der Waals surface area contributed by atoms with E-state index in [-0.39, 0.29) is 23.9 Å². The Morgan fingerprint density at radius 3 is 2.72 bits per heavy atom. The van der Waals surface area contributed by atoms with E-state index < -0.39 is 5.82 Å². The van der Waals surface area contributed by atoms with Crippen molar-refractivity contribution >= 4 is 5.91 Å². The first kappa shape index (κ1) is 20.5. The second kappa shape index (κ2) is 8.30. The number of halogens is 1. The molecule has 2 bridgehead atoms. The highest BCUT2D eigenvalue weighted by molar-refractivity contribution is 5.99. The molecule has 0 N–H and O–H groups in total. The van der Waals surface area contributed by atoms with E-state index in [0.717, 1.165) is 36.0 Å². The van der Waals surface area contributed by atoms with Gasteiger partial charge in [-0.3, -0.25) is 9.78 Å². The molecule has 0 spiro atoms. The summed E-state index contributed by atoms with van der Waals surface area (Å²) in [4.78, 5) is 28.9. The van der Waals surface area contributed by atoms with Gasteiger partial charge in [-0.25, -0.2) is 14.4 Å². The molecule has 2 unspecified atom stereocenters. The Morgan fingerprint density at radius 2 is 2.00 bits per heavy atom. The number of amides is 1. The largest absolute Gasteiger partial charge is 0.475 e. The summed E-state index contributed by atoms with van der Waals surface area (Å²) in [6.45, 7) is 4.37. The molecule has 5 heterocycles. The van der Waals surface area contributed by atoms with Gasteiger partial charge in [-0.05, 0) is 61.9 Å². The summed E-state index contributed by atoms with van der Waals surface area (Å²) < 4.78 is 19.1. The van der Waals surface area contributed by atoms with Crippen LogP contribution in [0.15, 0.2) is 54.9 Å². The normalized spacial score (nSPS) is 24.0. The number of carbonyl (C=O) groups excluding carboxylic acids is 1. The number of aryl methyl sites for hydroxylation is 1. The van der Waals surface area contributed by atoms with Crippen molar-refractivity contribution in [3.63, 3.8) is 0 Å². The number of hydrogen-bond acceptors (Lipinski definition) is 5. The third-order valence-electron chi connectivity index (χ3n) is 6.77. The molecule has 7 heteroatoms. The molecule has 3 aliphatic rings. The van der Waals surface area contributed by atoms with Gasteiger partial charge >= 0.3 is 0 Å². The Hall–Kier alpha value is -3.35. The molecule has 2 atom stereocenters. The molecule has 0 aromatic carbocycles. The third kappa shape index (κ3) is 3.72. The molecular formula is C25H25FN4O2. The van der Waals surface area contributed by atoms with Crippen molar-refractivity contribution in [1.29, 1.82) is 0 Å². The van der Waals surface area contributed by atoms with E-state index in [4.69, 9.17) is 4.74 Å². The minimum atomic E-state index is -0.408. The Kier molecular flexibility index (Phi) is 5.33. The van der Waals surface area contributed by atoms with Gasteiger partial charge in [0.25, 0.3) is 5.91 Å². The van der Waals surface area contributed by atoms with Gasteiger partial charge in [0.05, 0.1) is 17.9 Å². The molecule has 32 heavy (non-hydrogen) atoms. The number of ether oxygens (including phenoxy) is 1. The van der Waals surface area contributed by atoms with Gasteiger partial charge in [0.2, 0.25) is 5.88 Å². The summed E-state index contributed by atoms with van der Waals surface area (Å²) in [5, 5.41) is 0. The number of rotatable bonds is 5. The van der Waals surface area contributed by atoms with Gasteiger partial charge in [-0.15, -0.1) is 0 Å². The Labute approximate surface area is 186 Å². The van der Waals surface area contributed by atoms with Crippen LogP contribution in [0.25, 0.3) is 11.3 Å². The first-order chi connectivity index (χ1) is 15.5. The van der Waals surface area contributed by atoms with E-state index in [0.29, 0.717) is 24.1 Å². The molecule has 2 aliphatic heterocycles. The summed E-state index contributed by atoms with van der Waals surface area (Å²) in [7, 11) is 0. The summed E-state index contributed by atoms with van der Waals surface area (Å²) in [6, 6.07) is 12.4. The van der Waals surface area contributed by atoms with E-state index in [1.807, 2.05) is 42.2 Å². The Bertz CT molecular complexity index is 1120. The number of fused-ring (bicyclic) bond motifs is 2. The molecule has 1 saturated carbocycles. The highest BCUT2D eigenvalue weighted by Crippen LogP contribution is 2.47. The lowest BCUT2D eigenvalue weighted by atomic mass is 9.64. The van der Waals surface area contributed by atoms with Crippen molar-refractivity contribution in [3.8, 4) is 17.1 Å². The highest BCUT2D eigenvalue weighted by Gasteiger charge is 2.51. The maximum atomic E-state index is 13.9. The molecule has 2 saturated heterocycles. The van der Waals surface area contributed by atoms with Gasteiger partial charge in [-0.2, -0.15) is 0 Å². The topological polar surface area (TPSA) is 68.2 Å². The Balaban J connectivity index is 1.46. The van der Waals surface area contributed by atoms with E-state index in [1.54, 1.807) is 6.20 Å². The highest BCUT2D eigenvalue weighted by atomic mass is 19.1. The summed E-state index contributed by atoms with van der Waals surface area (Å²) in [6.07, 6.45) is 4.86. The SMILES string of the molecule is Cc1ccc(-c2ccccn2)c(C(=O)N2C3CC(C3)C(C)C2COc2ccc(F)cn2)n1. The quantitative estimate of drug-likeness (QED) is 0.601. The molecule has 3 fully saturated rings. The number of piperidine rings is 2. The number of carbonyl (C=O) groups is 1. The monoisotopic (exact) mass is 432 g/mol.